The first-order valence-corrected chi connectivity index (χ1v) is 8.81. The number of hydrogen-bond donors (Lipinski definition) is 0. The molecule has 0 aliphatic heterocycles. The minimum absolute atomic E-state index is 0.272. The third kappa shape index (κ3) is 4.00. The zero-order chi connectivity index (χ0) is 16.3. The molecule has 2 fully saturated rings. The van der Waals surface area contributed by atoms with Crippen molar-refractivity contribution in [2.24, 2.45) is 23.2 Å². The molecule has 0 amide bonds. The van der Waals surface area contributed by atoms with E-state index in [0.717, 1.165) is 50.4 Å². The van der Waals surface area contributed by atoms with Crippen LogP contribution in [0.25, 0.3) is 0 Å². The lowest BCUT2D eigenvalue weighted by atomic mass is 9.80. The van der Waals surface area contributed by atoms with Gasteiger partial charge in [-0.3, -0.25) is 4.79 Å². The van der Waals surface area contributed by atoms with Crippen LogP contribution in [0.1, 0.15) is 65.7 Å². The highest BCUT2D eigenvalue weighted by atomic mass is 16.1. The largest absolute Gasteiger partial charge is 0.299 e. The van der Waals surface area contributed by atoms with Gasteiger partial charge in [0.2, 0.25) is 0 Å². The quantitative estimate of drug-likeness (QED) is 0.512. The number of hydrogen-bond acceptors (Lipinski definition) is 1. The molecule has 122 valence electrons. The highest BCUT2D eigenvalue weighted by Crippen LogP contribution is 2.68. The van der Waals surface area contributed by atoms with E-state index in [2.05, 4.69) is 46.1 Å². The minimum atomic E-state index is 0.272. The molecular formula is C21H32O. The SMILES string of the molecule is C=C(C)CC/C=C/C[C@@H]1C[C@H]2[C@H](CCC(=C)C)[C@@]2(C)CC1=O. The van der Waals surface area contributed by atoms with Crippen molar-refractivity contribution >= 4 is 5.78 Å². The van der Waals surface area contributed by atoms with Crippen LogP contribution in [-0.4, -0.2) is 5.78 Å². The second kappa shape index (κ2) is 6.98. The lowest BCUT2D eigenvalue weighted by Gasteiger charge is -2.23. The molecule has 4 atom stereocenters. The second-order valence-electron chi connectivity index (χ2n) is 7.99. The minimum Gasteiger partial charge on any atom is -0.299 e. The average Bonchev–Trinajstić information content (AvgIpc) is 2.98. The highest BCUT2D eigenvalue weighted by Gasteiger charge is 2.63. The van der Waals surface area contributed by atoms with Crippen LogP contribution in [0.5, 0.6) is 0 Å². The van der Waals surface area contributed by atoms with Crippen molar-refractivity contribution in [3.63, 3.8) is 0 Å². The fourth-order valence-electron chi connectivity index (χ4n) is 4.29. The third-order valence-corrected chi connectivity index (χ3v) is 5.83. The normalized spacial score (nSPS) is 33.8. The fourth-order valence-corrected chi connectivity index (χ4v) is 4.29. The van der Waals surface area contributed by atoms with Gasteiger partial charge >= 0.3 is 0 Å². The number of carbonyl (C=O) groups excluding carboxylic acids is 1. The van der Waals surface area contributed by atoms with Gasteiger partial charge in [-0.25, -0.2) is 0 Å². The molecule has 2 aliphatic rings. The van der Waals surface area contributed by atoms with Crippen LogP contribution in [0.3, 0.4) is 0 Å². The molecule has 0 spiro atoms. The first-order chi connectivity index (χ1) is 10.3. The molecule has 0 bridgehead atoms. The van der Waals surface area contributed by atoms with E-state index in [-0.39, 0.29) is 5.92 Å². The molecule has 0 saturated heterocycles. The molecule has 0 radical (unpaired) electrons. The summed E-state index contributed by atoms with van der Waals surface area (Å²) in [5.74, 6) is 2.30. The Morgan fingerprint density at radius 1 is 1.23 bits per heavy atom. The van der Waals surface area contributed by atoms with E-state index in [9.17, 15) is 4.79 Å². The van der Waals surface area contributed by atoms with Crippen molar-refractivity contribution in [3.8, 4) is 0 Å². The molecule has 1 heteroatoms. The number of allylic oxidation sites excluding steroid dienone is 4. The van der Waals surface area contributed by atoms with Gasteiger partial charge in [-0.15, -0.1) is 13.2 Å². The van der Waals surface area contributed by atoms with Crippen molar-refractivity contribution in [2.75, 3.05) is 0 Å². The Morgan fingerprint density at radius 3 is 2.55 bits per heavy atom. The van der Waals surface area contributed by atoms with E-state index >= 15 is 0 Å². The van der Waals surface area contributed by atoms with Crippen LogP contribution in [0, 0.1) is 23.2 Å². The Labute approximate surface area is 136 Å². The van der Waals surface area contributed by atoms with Crippen molar-refractivity contribution in [2.45, 2.75) is 65.7 Å². The van der Waals surface area contributed by atoms with Crippen molar-refractivity contribution < 1.29 is 4.79 Å². The van der Waals surface area contributed by atoms with Crippen LogP contribution in [0.15, 0.2) is 36.5 Å². The molecular weight excluding hydrogens is 268 g/mol. The van der Waals surface area contributed by atoms with Crippen LogP contribution < -0.4 is 0 Å². The third-order valence-electron chi connectivity index (χ3n) is 5.83. The molecule has 0 unspecified atom stereocenters. The summed E-state index contributed by atoms with van der Waals surface area (Å²) in [5.41, 5.74) is 2.82. The molecule has 0 aromatic heterocycles. The van der Waals surface area contributed by atoms with Crippen LogP contribution in [0.2, 0.25) is 0 Å². The highest BCUT2D eigenvalue weighted by molar-refractivity contribution is 5.83. The van der Waals surface area contributed by atoms with E-state index < -0.39 is 0 Å². The fraction of sp³-hybridized carbons (Fsp3) is 0.667. The predicted molar refractivity (Wildman–Crippen MR) is 94.7 cm³/mol. The van der Waals surface area contributed by atoms with Gasteiger partial charge in [0.05, 0.1) is 0 Å². The zero-order valence-electron chi connectivity index (χ0n) is 14.7. The molecule has 2 rings (SSSR count). The summed E-state index contributed by atoms with van der Waals surface area (Å²) in [5, 5.41) is 0. The summed E-state index contributed by atoms with van der Waals surface area (Å²) in [7, 11) is 0. The first kappa shape index (κ1) is 17.2. The molecule has 22 heavy (non-hydrogen) atoms. The van der Waals surface area contributed by atoms with Gasteiger partial charge in [-0.05, 0) is 69.6 Å². The lowest BCUT2D eigenvalue weighted by molar-refractivity contribution is -0.125. The lowest BCUT2D eigenvalue weighted by Crippen LogP contribution is -2.24. The van der Waals surface area contributed by atoms with E-state index in [0.29, 0.717) is 11.2 Å². The summed E-state index contributed by atoms with van der Waals surface area (Å²) < 4.78 is 0. The Bertz CT molecular complexity index is 484. The maximum absolute atomic E-state index is 12.4. The summed E-state index contributed by atoms with van der Waals surface area (Å²) in [6, 6.07) is 0. The van der Waals surface area contributed by atoms with Crippen molar-refractivity contribution in [1.82, 2.24) is 0 Å². The van der Waals surface area contributed by atoms with Crippen molar-refractivity contribution in [3.05, 3.63) is 36.5 Å². The Hall–Kier alpha value is -1.11. The van der Waals surface area contributed by atoms with Crippen LogP contribution in [-0.2, 0) is 4.79 Å². The van der Waals surface area contributed by atoms with Gasteiger partial charge in [0.15, 0.2) is 0 Å². The van der Waals surface area contributed by atoms with Gasteiger partial charge in [-0.1, -0.05) is 30.2 Å². The zero-order valence-corrected chi connectivity index (χ0v) is 14.7. The maximum atomic E-state index is 12.4. The number of Topliss-reactive ketones (excluding diaryl/α,β-unsaturated/α-hetero) is 1. The van der Waals surface area contributed by atoms with Crippen LogP contribution in [0.4, 0.5) is 0 Å². The van der Waals surface area contributed by atoms with E-state index in [4.69, 9.17) is 0 Å². The van der Waals surface area contributed by atoms with E-state index in [1.54, 1.807) is 0 Å². The molecule has 1 nitrogen and oxygen atoms in total. The van der Waals surface area contributed by atoms with Gasteiger partial charge < -0.3 is 0 Å². The van der Waals surface area contributed by atoms with E-state index in [1.807, 2.05) is 0 Å². The monoisotopic (exact) mass is 300 g/mol. The van der Waals surface area contributed by atoms with Gasteiger partial charge in [0.1, 0.15) is 5.78 Å². The number of rotatable bonds is 8. The Balaban J connectivity index is 1.81. The molecule has 0 N–H and O–H groups in total. The van der Waals surface area contributed by atoms with Crippen molar-refractivity contribution in [1.29, 1.82) is 0 Å². The summed E-state index contributed by atoms with van der Waals surface area (Å²) >= 11 is 0. The summed E-state index contributed by atoms with van der Waals surface area (Å²) in [4.78, 5) is 12.4. The number of carbonyl (C=O) groups is 1. The maximum Gasteiger partial charge on any atom is 0.136 e. The average molecular weight is 300 g/mol. The molecule has 0 heterocycles. The Kier molecular flexibility index (Phi) is 5.47. The molecule has 0 aromatic carbocycles. The molecule has 0 aromatic rings. The van der Waals surface area contributed by atoms with Gasteiger partial charge in [0.25, 0.3) is 0 Å². The smallest absolute Gasteiger partial charge is 0.136 e. The molecule has 2 aliphatic carbocycles. The summed E-state index contributed by atoms with van der Waals surface area (Å²) in [6.45, 7) is 14.4. The second-order valence-corrected chi connectivity index (χ2v) is 7.99. The summed E-state index contributed by atoms with van der Waals surface area (Å²) in [6.07, 6.45) is 11.8. The molecule has 2 saturated carbocycles. The topological polar surface area (TPSA) is 17.1 Å². The predicted octanol–water partition coefficient (Wildman–Crippen LogP) is 5.88. The first-order valence-electron chi connectivity index (χ1n) is 8.81. The van der Waals surface area contributed by atoms with Gasteiger partial charge in [0, 0.05) is 12.3 Å². The number of fused-ring (bicyclic) bond motifs is 1. The van der Waals surface area contributed by atoms with Gasteiger partial charge in [-0.2, -0.15) is 0 Å². The standard InChI is InChI=1S/C21H32O/c1-15(2)9-7-6-8-10-17-13-19-18(12-11-16(3)4)21(19,5)14-20(17)22/h6,8,17-19H,1,3,7,9-14H2,2,4-5H3/b8-6+/t17-,18+,19+,21-/m1/s1. The van der Waals surface area contributed by atoms with E-state index in [1.165, 1.54) is 17.6 Å². The van der Waals surface area contributed by atoms with Crippen LogP contribution >= 0.6 is 0 Å². The number of ketones is 1. The Morgan fingerprint density at radius 2 is 1.91 bits per heavy atom.